The van der Waals surface area contributed by atoms with Crippen molar-refractivity contribution in [3.05, 3.63) is 22.6 Å². The summed E-state index contributed by atoms with van der Waals surface area (Å²) in [5, 5.41) is 4.09. The Kier molecular flexibility index (Phi) is 3.65. The first-order valence-corrected chi connectivity index (χ1v) is 8.21. The first kappa shape index (κ1) is 14.4. The normalized spacial score (nSPS) is 19.1. The lowest BCUT2D eigenvalue weighted by atomic mass is 10.1. The molecule has 23 heavy (non-hydrogen) atoms. The van der Waals surface area contributed by atoms with Gasteiger partial charge in [0.15, 0.2) is 0 Å². The monoisotopic (exact) mass is 315 g/mol. The molecule has 0 aromatic carbocycles. The van der Waals surface area contributed by atoms with Crippen LogP contribution >= 0.6 is 0 Å². The summed E-state index contributed by atoms with van der Waals surface area (Å²) in [6, 6.07) is 1.78. The quantitative estimate of drug-likeness (QED) is 0.885. The molecule has 7 heteroatoms. The number of nitrogens with two attached hydrogens (primary N) is 1. The minimum Gasteiger partial charge on any atom is -0.398 e. The zero-order valence-corrected chi connectivity index (χ0v) is 13.0. The van der Waals surface area contributed by atoms with E-state index in [9.17, 15) is 4.79 Å². The van der Waals surface area contributed by atoms with Crippen molar-refractivity contribution in [1.29, 1.82) is 0 Å². The summed E-state index contributed by atoms with van der Waals surface area (Å²) in [7, 11) is 0. The van der Waals surface area contributed by atoms with E-state index >= 15 is 0 Å². The molecule has 0 atom stereocenters. The molecular weight excluding hydrogens is 294 g/mol. The smallest absolute Gasteiger partial charge is 0.254 e. The van der Waals surface area contributed by atoms with Gasteiger partial charge in [0.2, 0.25) is 5.95 Å². The Morgan fingerprint density at radius 1 is 1.30 bits per heavy atom. The summed E-state index contributed by atoms with van der Waals surface area (Å²) >= 11 is 0. The number of fused-ring (bicyclic) bond motifs is 1. The molecule has 1 aliphatic carbocycles. The van der Waals surface area contributed by atoms with Crippen molar-refractivity contribution in [2.24, 2.45) is 5.92 Å². The van der Waals surface area contributed by atoms with Gasteiger partial charge in [-0.3, -0.25) is 9.36 Å². The number of aromatic nitrogens is 3. The summed E-state index contributed by atoms with van der Waals surface area (Å²) < 4.78 is 7.10. The number of hydrogen-bond acceptors (Lipinski definition) is 6. The zero-order chi connectivity index (χ0) is 15.8. The predicted octanol–water partition coefficient (Wildman–Crippen LogP) is 1.37. The minimum atomic E-state index is -0.0855. The Morgan fingerprint density at radius 3 is 2.83 bits per heavy atom. The van der Waals surface area contributed by atoms with E-state index in [1.165, 1.54) is 18.9 Å². The van der Waals surface area contributed by atoms with Crippen molar-refractivity contribution in [3.8, 4) is 0 Å². The number of rotatable bonds is 4. The van der Waals surface area contributed by atoms with Crippen LogP contribution in [0.2, 0.25) is 0 Å². The highest BCUT2D eigenvalue weighted by Crippen LogP contribution is 2.31. The van der Waals surface area contributed by atoms with Gasteiger partial charge in [-0.2, -0.15) is 4.98 Å². The van der Waals surface area contributed by atoms with Crippen LogP contribution in [-0.4, -0.2) is 33.8 Å². The third-order valence-corrected chi connectivity index (χ3v) is 4.57. The Morgan fingerprint density at radius 2 is 2.09 bits per heavy atom. The summed E-state index contributed by atoms with van der Waals surface area (Å²) in [6.07, 6.45) is 5.94. The number of nitrogen functional groups attached to an aromatic ring is 1. The average molecular weight is 315 g/mol. The second-order valence-electron chi connectivity index (χ2n) is 6.45. The minimum absolute atomic E-state index is 0.0855. The number of nitrogens with one attached hydrogen (secondary N) is 1. The SMILES string of the molecule is Nc1cc(=O)n(CC2CC2)c2nc(NC3CCOCC3)ncc12. The van der Waals surface area contributed by atoms with E-state index in [2.05, 4.69) is 15.3 Å². The van der Waals surface area contributed by atoms with E-state index in [0.29, 0.717) is 35.8 Å². The first-order valence-electron chi connectivity index (χ1n) is 8.21. The summed E-state index contributed by atoms with van der Waals surface area (Å²) in [6.45, 7) is 2.22. The zero-order valence-electron chi connectivity index (χ0n) is 13.0. The highest BCUT2D eigenvalue weighted by Gasteiger charge is 2.24. The van der Waals surface area contributed by atoms with E-state index in [0.717, 1.165) is 31.4 Å². The molecule has 3 N–H and O–H groups in total. The van der Waals surface area contributed by atoms with E-state index in [-0.39, 0.29) is 5.56 Å². The fourth-order valence-electron chi connectivity index (χ4n) is 3.00. The highest BCUT2D eigenvalue weighted by molar-refractivity contribution is 5.87. The van der Waals surface area contributed by atoms with Gasteiger partial charge < -0.3 is 15.8 Å². The molecule has 3 heterocycles. The molecule has 2 fully saturated rings. The molecule has 2 aromatic rings. The first-order chi connectivity index (χ1) is 11.2. The van der Waals surface area contributed by atoms with Crippen LogP contribution in [0.5, 0.6) is 0 Å². The molecule has 1 saturated heterocycles. The average Bonchev–Trinajstić information content (AvgIpc) is 3.36. The molecular formula is C16H21N5O2. The highest BCUT2D eigenvalue weighted by atomic mass is 16.5. The van der Waals surface area contributed by atoms with Crippen molar-refractivity contribution >= 4 is 22.7 Å². The van der Waals surface area contributed by atoms with Crippen molar-refractivity contribution in [3.63, 3.8) is 0 Å². The molecule has 0 amide bonds. The van der Waals surface area contributed by atoms with Gasteiger partial charge in [0.05, 0.1) is 5.39 Å². The van der Waals surface area contributed by atoms with Crippen LogP contribution in [0.15, 0.2) is 17.1 Å². The Bertz CT molecular complexity index is 778. The molecule has 2 aromatic heterocycles. The molecule has 0 bridgehead atoms. The molecule has 1 aliphatic heterocycles. The lowest BCUT2D eigenvalue weighted by molar-refractivity contribution is 0.0903. The molecule has 4 rings (SSSR count). The van der Waals surface area contributed by atoms with E-state index in [1.54, 1.807) is 10.8 Å². The van der Waals surface area contributed by atoms with Crippen LogP contribution in [0.3, 0.4) is 0 Å². The third kappa shape index (κ3) is 3.01. The van der Waals surface area contributed by atoms with Gasteiger partial charge in [0.25, 0.3) is 5.56 Å². The summed E-state index contributed by atoms with van der Waals surface area (Å²) in [5.74, 6) is 1.14. The van der Waals surface area contributed by atoms with Gasteiger partial charge in [-0.05, 0) is 31.6 Å². The largest absolute Gasteiger partial charge is 0.398 e. The van der Waals surface area contributed by atoms with Crippen LogP contribution in [0.25, 0.3) is 11.0 Å². The van der Waals surface area contributed by atoms with Crippen molar-refractivity contribution in [2.45, 2.75) is 38.3 Å². The molecule has 0 radical (unpaired) electrons. The van der Waals surface area contributed by atoms with Gasteiger partial charge in [-0.1, -0.05) is 0 Å². The molecule has 0 spiro atoms. The number of anilines is 2. The molecule has 122 valence electrons. The number of ether oxygens (including phenoxy) is 1. The second-order valence-corrected chi connectivity index (χ2v) is 6.45. The van der Waals surface area contributed by atoms with E-state index < -0.39 is 0 Å². The summed E-state index contributed by atoms with van der Waals surface area (Å²) in [5.41, 5.74) is 6.96. The number of nitrogens with zero attached hydrogens (tertiary/aromatic N) is 3. The maximum atomic E-state index is 12.3. The Labute approximate surface area is 133 Å². The second kappa shape index (κ2) is 5.81. The summed E-state index contributed by atoms with van der Waals surface area (Å²) in [4.78, 5) is 21.3. The molecule has 1 saturated carbocycles. The van der Waals surface area contributed by atoms with Crippen LogP contribution in [0.4, 0.5) is 11.6 Å². The van der Waals surface area contributed by atoms with Crippen LogP contribution in [-0.2, 0) is 11.3 Å². The van der Waals surface area contributed by atoms with Gasteiger partial charge in [0, 0.05) is 43.8 Å². The Balaban J connectivity index is 1.71. The van der Waals surface area contributed by atoms with E-state index in [4.69, 9.17) is 10.5 Å². The molecule has 7 nitrogen and oxygen atoms in total. The maximum Gasteiger partial charge on any atom is 0.254 e. The molecule has 0 unspecified atom stereocenters. The fraction of sp³-hybridized carbons (Fsp3) is 0.562. The fourth-order valence-corrected chi connectivity index (χ4v) is 3.00. The van der Waals surface area contributed by atoms with E-state index in [1.807, 2.05) is 0 Å². The van der Waals surface area contributed by atoms with Gasteiger partial charge in [-0.25, -0.2) is 4.98 Å². The number of hydrogen-bond donors (Lipinski definition) is 2. The van der Waals surface area contributed by atoms with Crippen molar-refractivity contribution in [2.75, 3.05) is 24.3 Å². The van der Waals surface area contributed by atoms with Crippen molar-refractivity contribution < 1.29 is 4.74 Å². The third-order valence-electron chi connectivity index (χ3n) is 4.57. The topological polar surface area (TPSA) is 95.1 Å². The predicted molar refractivity (Wildman–Crippen MR) is 88.4 cm³/mol. The van der Waals surface area contributed by atoms with Gasteiger partial charge in [0.1, 0.15) is 5.65 Å². The lowest BCUT2D eigenvalue weighted by Gasteiger charge is -2.23. The standard InChI is InChI=1S/C16H21N5O2/c17-13-7-14(22)21(9-10-1-2-10)15-12(13)8-18-16(20-15)19-11-3-5-23-6-4-11/h7-8,10-11H,1-6,9,17H2,(H,18,19,20). The van der Waals surface area contributed by atoms with Gasteiger partial charge in [-0.15, -0.1) is 0 Å². The lowest BCUT2D eigenvalue weighted by Crippen LogP contribution is -2.29. The van der Waals surface area contributed by atoms with Crippen LogP contribution < -0.4 is 16.6 Å². The van der Waals surface area contributed by atoms with Crippen LogP contribution in [0.1, 0.15) is 25.7 Å². The van der Waals surface area contributed by atoms with Crippen molar-refractivity contribution in [1.82, 2.24) is 14.5 Å². The van der Waals surface area contributed by atoms with Gasteiger partial charge >= 0.3 is 0 Å². The number of pyridine rings is 1. The van der Waals surface area contributed by atoms with Crippen LogP contribution in [0, 0.1) is 5.92 Å². The maximum absolute atomic E-state index is 12.3. The molecule has 2 aliphatic rings. The Hall–Kier alpha value is -2.15.